The molecule has 0 saturated heterocycles. The van der Waals surface area contributed by atoms with Gasteiger partial charge in [0.05, 0.1) is 11.1 Å². The zero-order valence-electron chi connectivity index (χ0n) is 14.4. The summed E-state index contributed by atoms with van der Waals surface area (Å²) in [5.74, 6) is -0.300. The van der Waals surface area contributed by atoms with E-state index in [-0.39, 0.29) is 22.1 Å². The van der Waals surface area contributed by atoms with Crippen molar-refractivity contribution in [2.24, 2.45) is 17.3 Å². The largest absolute Gasteiger partial charge is 0.493 e. The summed E-state index contributed by atoms with van der Waals surface area (Å²) in [7, 11) is 1.52. The van der Waals surface area contributed by atoms with Gasteiger partial charge in [0.2, 0.25) is 11.0 Å². The summed E-state index contributed by atoms with van der Waals surface area (Å²) in [6.07, 6.45) is -4.50. The maximum Gasteiger partial charge on any atom is 0.416 e. The van der Waals surface area contributed by atoms with E-state index in [1.54, 1.807) is 0 Å². The van der Waals surface area contributed by atoms with E-state index in [1.807, 2.05) is 31.2 Å². The molecule has 1 heterocycles. The fraction of sp³-hybridized carbons (Fsp3) is 0.167. The molecule has 1 aromatic heterocycles. The average molecular weight is 392 g/mol. The van der Waals surface area contributed by atoms with E-state index >= 15 is 0 Å². The second-order valence-electron chi connectivity index (χ2n) is 5.96. The number of rotatable bonds is 2. The number of nitrogens with one attached hydrogen (secondary N) is 1. The lowest BCUT2D eigenvalue weighted by molar-refractivity contribution is -0.137. The lowest BCUT2D eigenvalue weighted by Gasteiger charge is -2.06. The highest BCUT2D eigenvalue weighted by Crippen LogP contribution is 2.41. The molecule has 0 bridgehead atoms. The van der Waals surface area contributed by atoms with Gasteiger partial charge in [0.15, 0.2) is 5.69 Å². The van der Waals surface area contributed by atoms with Gasteiger partial charge in [0, 0.05) is 18.1 Å². The quantitative estimate of drug-likeness (QED) is 0.435. The maximum absolute atomic E-state index is 13.0. The molecule has 9 heteroatoms. The van der Waals surface area contributed by atoms with Crippen LogP contribution in [0.4, 0.5) is 24.5 Å². The smallest absolute Gasteiger partial charge is 0.416 e. The molecule has 0 spiro atoms. The number of aromatic hydroxyl groups is 1. The Bertz CT molecular complexity index is 1040. The minimum absolute atomic E-state index is 0.0160. The summed E-state index contributed by atoms with van der Waals surface area (Å²) in [4.78, 5) is 0. The fourth-order valence-electron chi connectivity index (χ4n) is 2.57. The standard InChI is InChI=1S/C18H15F3N4OS/c1-10-3-6-12(7-4-10)22-17(27)24-23-15-13-9-11(18(19,20)21)5-8-14(13)25(2)16(15)26/h3-9,26H,1-2H3,(H,22,27). The van der Waals surface area contributed by atoms with Crippen LogP contribution in [0.2, 0.25) is 0 Å². The molecule has 0 radical (unpaired) electrons. The summed E-state index contributed by atoms with van der Waals surface area (Å²) < 4.78 is 40.3. The molecular formula is C18H15F3N4OS. The van der Waals surface area contributed by atoms with Crippen LogP contribution in [0, 0.1) is 6.92 Å². The topological polar surface area (TPSA) is 61.9 Å². The molecule has 0 saturated carbocycles. The normalized spacial score (nSPS) is 12.0. The molecule has 0 unspecified atom stereocenters. The molecular weight excluding hydrogens is 377 g/mol. The van der Waals surface area contributed by atoms with Crippen LogP contribution >= 0.6 is 12.2 Å². The predicted molar refractivity (Wildman–Crippen MR) is 102 cm³/mol. The SMILES string of the molecule is Cc1ccc(NC(=S)N=Nc2c(O)n(C)c3ccc(C(F)(F)F)cc23)cc1. The molecule has 27 heavy (non-hydrogen) atoms. The van der Waals surface area contributed by atoms with Gasteiger partial charge in [0.1, 0.15) is 0 Å². The Morgan fingerprint density at radius 3 is 2.44 bits per heavy atom. The zero-order valence-corrected chi connectivity index (χ0v) is 15.2. The molecule has 2 aromatic carbocycles. The molecule has 3 rings (SSSR count). The minimum atomic E-state index is -4.50. The Kier molecular flexibility index (Phi) is 4.88. The van der Waals surface area contributed by atoms with Crippen LogP contribution < -0.4 is 5.32 Å². The molecule has 0 aliphatic heterocycles. The molecule has 0 amide bonds. The van der Waals surface area contributed by atoms with E-state index in [2.05, 4.69) is 15.5 Å². The lowest BCUT2D eigenvalue weighted by Crippen LogP contribution is -2.04. The van der Waals surface area contributed by atoms with Gasteiger partial charge in [0.25, 0.3) is 0 Å². The maximum atomic E-state index is 13.0. The van der Waals surface area contributed by atoms with Crippen molar-refractivity contribution in [1.82, 2.24) is 4.57 Å². The van der Waals surface area contributed by atoms with Gasteiger partial charge in [-0.3, -0.25) is 0 Å². The summed E-state index contributed by atoms with van der Waals surface area (Å²) >= 11 is 5.09. The Morgan fingerprint density at radius 2 is 1.81 bits per heavy atom. The molecule has 0 aliphatic carbocycles. The lowest BCUT2D eigenvalue weighted by atomic mass is 10.1. The van der Waals surface area contributed by atoms with Crippen molar-refractivity contribution in [2.75, 3.05) is 5.32 Å². The number of azo groups is 1. The Balaban J connectivity index is 1.93. The van der Waals surface area contributed by atoms with Gasteiger partial charge < -0.3 is 15.0 Å². The van der Waals surface area contributed by atoms with Crippen molar-refractivity contribution in [2.45, 2.75) is 13.1 Å². The first kappa shape index (κ1) is 18.8. The van der Waals surface area contributed by atoms with Crippen molar-refractivity contribution in [3.8, 4) is 5.88 Å². The number of benzene rings is 2. The second-order valence-corrected chi connectivity index (χ2v) is 6.34. The second kappa shape index (κ2) is 6.99. The van der Waals surface area contributed by atoms with Crippen molar-refractivity contribution in [3.05, 3.63) is 53.6 Å². The van der Waals surface area contributed by atoms with Gasteiger partial charge in [-0.05, 0) is 49.5 Å². The number of nitrogens with zero attached hydrogens (tertiary/aromatic N) is 3. The monoisotopic (exact) mass is 392 g/mol. The van der Waals surface area contributed by atoms with E-state index in [1.165, 1.54) is 17.7 Å². The van der Waals surface area contributed by atoms with Crippen LogP contribution in [-0.4, -0.2) is 14.8 Å². The number of fused-ring (bicyclic) bond motifs is 1. The number of hydrogen-bond donors (Lipinski definition) is 2. The average Bonchev–Trinajstić information content (AvgIpc) is 2.85. The molecule has 0 aliphatic rings. The van der Waals surface area contributed by atoms with Crippen LogP contribution in [0.5, 0.6) is 5.88 Å². The zero-order chi connectivity index (χ0) is 19.8. The third-order valence-corrected chi connectivity index (χ3v) is 4.20. The summed E-state index contributed by atoms with van der Waals surface area (Å²) in [6, 6.07) is 10.5. The third-order valence-electron chi connectivity index (χ3n) is 4.01. The fourth-order valence-corrected chi connectivity index (χ4v) is 2.73. The highest BCUT2D eigenvalue weighted by molar-refractivity contribution is 7.80. The molecule has 3 aromatic rings. The number of anilines is 1. The van der Waals surface area contributed by atoms with Crippen LogP contribution in [0.25, 0.3) is 10.9 Å². The van der Waals surface area contributed by atoms with Gasteiger partial charge in [-0.15, -0.1) is 10.2 Å². The van der Waals surface area contributed by atoms with Crippen LogP contribution in [0.3, 0.4) is 0 Å². The van der Waals surface area contributed by atoms with E-state index in [9.17, 15) is 18.3 Å². The van der Waals surface area contributed by atoms with Crippen LogP contribution in [0.15, 0.2) is 52.7 Å². The molecule has 5 nitrogen and oxygen atoms in total. The molecule has 140 valence electrons. The number of aromatic nitrogens is 1. The van der Waals surface area contributed by atoms with Gasteiger partial charge in [-0.1, -0.05) is 17.7 Å². The highest BCUT2D eigenvalue weighted by atomic mass is 32.1. The van der Waals surface area contributed by atoms with Gasteiger partial charge in [-0.2, -0.15) is 13.2 Å². The minimum Gasteiger partial charge on any atom is -0.493 e. The molecule has 2 N–H and O–H groups in total. The number of alkyl halides is 3. The Hall–Kier alpha value is -2.94. The van der Waals surface area contributed by atoms with Gasteiger partial charge >= 0.3 is 6.18 Å². The first-order valence-electron chi connectivity index (χ1n) is 7.85. The van der Waals surface area contributed by atoms with E-state index in [0.29, 0.717) is 11.2 Å². The first-order chi connectivity index (χ1) is 12.7. The number of hydrogen-bond acceptors (Lipinski definition) is 3. The van der Waals surface area contributed by atoms with Crippen molar-refractivity contribution in [3.63, 3.8) is 0 Å². The summed E-state index contributed by atoms with van der Waals surface area (Å²) in [5, 5.41) is 20.9. The Morgan fingerprint density at radius 1 is 1.15 bits per heavy atom. The first-order valence-corrected chi connectivity index (χ1v) is 8.25. The van der Waals surface area contributed by atoms with E-state index in [4.69, 9.17) is 12.2 Å². The van der Waals surface area contributed by atoms with E-state index in [0.717, 1.165) is 17.7 Å². The van der Waals surface area contributed by atoms with Crippen LogP contribution in [0.1, 0.15) is 11.1 Å². The van der Waals surface area contributed by atoms with E-state index < -0.39 is 11.7 Å². The van der Waals surface area contributed by atoms with Crippen molar-refractivity contribution >= 4 is 39.6 Å². The number of aryl methyl sites for hydroxylation is 2. The number of thiocarbonyl (C=S) groups is 1. The third kappa shape index (κ3) is 3.92. The van der Waals surface area contributed by atoms with Gasteiger partial charge in [-0.25, -0.2) is 0 Å². The van der Waals surface area contributed by atoms with Crippen molar-refractivity contribution in [1.29, 1.82) is 0 Å². The van der Waals surface area contributed by atoms with Crippen molar-refractivity contribution < 1.29 is 18.3 Å². The predicted octanol–water partition coefficient (Wildman–Crippen LogP) is 5.69. The highest BCUT2D eigenvalue weighted by Gasteiger charge is 2.31. The Labute approximate surface area is 158 Å². The summed E-state index contributed by atoms with van der Waals surface area (Å²) in [5.41, 5.74) is 1.26. The summed E-state index contributed by atoms with van der Waals surface area (Å²) in [6.45, 7) is 1.94. The number of halogens is 3. The van der Waals surface area contributed by atoms with Crippen LogP contribution in [-0.2, 0) is 13.2 Å². The molecule has 0 fully saturated rings. The molecule has 0 atom stereocenters.